The summed E-state index contributed by atoms with van der Waals surface area (Å²) in [5.74, 6) is 1.19. The second kappa shape index (κ2) is 4.52. The molecule has 0 radical (unpaired) electrons. The average Bonchev–Trinajstić information content (AvgIpc) is 2.26. The molecule has 0 bridgehead atoms. The van der Waals surface area contributed by atoms with Gasteiger partial charge in [0, 0.05) is 12.1 Å². The molecule has 1 aliphatic rings. The fourth-order valence-corrected chi connectivity index (χ4v) is 2.71. The molecule has 2 nitrogen and oxygen atoms in total. The van der Waals surface area contributed by atoms with Crippen LogP contribution in [0.5, 0.6) is 0 Å². The van der Waals surface area contributed by atoms with E-state index >= 15 is 0 Å². The van der Waals surface area contributed by atoms with E-state index in [0.29, 0.717) is 18.3 Å². The number of amides is 1. The van der Waals surface area contributed by atoms with Gasteiger partial charge < -0.3 is 5.32 Å². The Morgan fingerprint density at radius 2 is 1.76 bits per heavy atom. The Balaban J connectivity index is 2.58. The van der Waals surface area contributed by atoms with E-state index in [2.05, 4.69) is 45.1 Å². The normalized spacial score (nSPS) is 15.1. The fraction of sp³-hybridized carbons (Fsp3) is 0.533. The molecule has 0 spiro atoms. The maximum Gasteiger partial charge on any atom is 0.224 e. The Hall–Kier alpha value is -1.31. The van der Waals surface area contributed by atoms with Crippen LogP contribution in [-0.2, 0) is 11.2 Å². The Morgan fingerprint density at radius 1 is 1.06 bits per heavy atom. The van der Waals surface area contributed by atoms with Crippen LogP contribution in [0.4, 0.5) is 5.69 Å². The van der Waals surface area contributed by atoms with Crippen LogP contribution < -0.4 is 5.32 Å². The predicted molar refractivity (Wildman–Crippen MR) is 71.6 cm³/mol. The first kappa shape index (κ1) is 12.2. The van der Waals surface area contributed by atoms with Gasteiger partial charge in [0.05, 0.1) is 0 Å². The third kappa shape index (κ3) is 2.21. The molecular formula is C15H21NO. The zero-order valence-corrected chi connectivity index (χ0v) is 11.1. The van der Waals surface area contributed by atoms with E-state index in [1.165, 1.54) is 16.7 Å². The van der Waals surface area contributed by atoms with Crippen molar-refractivity contribution < 1.29 is 4.79 Å². The molecule has 0 fully saturated rings. The summed E-state index contributed by atoms with van der Waals surface area (Å²) in [5.41, 5.74) is 5.24. The molecule has 2 rings (SSSR count). The summed E-state index contributed by atoms with van der Waals surface area (Å²) in [5, 5.41) is 2.98. The molecule has 1 aromatic carbocycles. The largest absolute Gasteiger partial charge is 0.326 e. The quantitative estimate of drug-likeness (QED) is 0.823. The molecule has 0 unspecified atom stereocenters. The SMILES string of the molecule is CC(C)c1ccc2c(c1C(C)C)CCC(=O)N2. The van der Waals surface area contributed by atoms with E-state index in [0.717, 1.165) is 12.1 Å². The van der Waals surface area contributed by atoms with Gasteiger partial charge in [-0.25, -0.2) is 0 Å². The molecule has 1 N–H and O–H groups in total. The van der Waals surface area contributed by atoms with Crippen molar-refractivity contribution in [3.05, 3.63) is 28.8 Å². The molecule has 0 aromatic heterocycles. The van der Waals surface area contributed by atoms with E-state index in [-0.39, 0.29) is 5.91 Å². The second-order valence-corrected chi connectivity index (χ2v) is 5.45. The van der Waals surface area contributed by atoms with Crippen molar-refractivity contribution in [2.75, 3.05) is 5.32 Å². The number of rotatable bonds is 2. The number of fused-ring (bicyclic) bond motifs is 1. The minimum absolute atomic E-state index is 0.143. The minimum atomic E-state index is 0.143. The summed E-state index contributed by atoms with van der Waals surface area (Å²) < 4.78 is 0. The van der Waals surface area contributed by atoms with Crippen LogP contribution in [0.15, 0.2) is 12.1 Å². The number of carbonyl (C=O) groups is 1. The van der Waals surface area contributed by atoms with Crippen LogP contribution in [0.3, 0.4) is 0 Å². The molecule has 17 heavy (non-hydrogen) atoms. The summed E-state index contributed by atoms with van der Waals surface area (Å²) in [6.07, 6.45) is 1.50. The fourth-order valence-electron chi connectivity index (χ4n) is 2.71. The molecule has 0 saturated heterocycles. The van der Waals surface area contributed by atoms with Crippen molar-refractivity contribution in [1.29, 1.82) is 0 Å². The Kier molecular flexibility index (Phi) is 3.23. The highest BCUT2D eigenvalue weighted by Gasteiger charge is 2.22. The van der Waals surface area contributed by atoms with Gasteiger partial charge in [-0.1, -0.05) is 33.8 Å². The lowest BCUT2D eigenvalue weighted by molar-refractivity contribution is -0.116. The number of carbonyl (C=O) groups excluding carboxylic acids is 1. The molecular weight excluding hydrogens is 210 g/mol. The average molecular weight is 231 g/mol. The first-order chi connectivity index (χ1) is 8.00. The molecule has 0 saturated carbocycles. The van der Waals surface area contributed by atoms with Crippen LogP contribution in [0.25, 0.3) is 0 Å². The molecule has 92 valence electrons. The molecule has 1 amide bonds. The summed E-state index contributed by atoms with van der Waals surface area (Å²) in [6.45, 7) is 8.93. The van der Waals surface area contributed by atoms with Gasteiger partial charge in [0.15, 0.2) is 0 Å². The highest BCUT2D eigenvalue weighted by atomic mass is 16.1. The molecule has 2 heteroatoms. The summed E-state index contributed by atoms with van der Waals surface area (Å²) >= 11 is 0. The van der Waals surface area contributed by atoms with Crippen molar-refractivity contribution >= 4 is 11.6 Å². The highest BCUT2D eigenvalue weighted by molar-refractivity contribution is 5.94. The number of hydrogen-bond donors (Lipinski definition) is 1. The van der Waals surface area contributed by atoms with Gasteiger partial charge in [-0.05, 0) is 41.0 Å². The Labute approximate surface area is 103 Å². The van der Waals surface area contributed by atoms with Crippen LogP contribution in [0.1, 0.15) is 62.6 Å². The monoisotopic (exact) mass is 231 g/mol. The smallest absolute Gasteiger partial charge is 0.224 e. The number of nitrogens with one attached hydrogen (secondary N) is 1. The molecule has 1 heterocycles. The van der Waals surface area contributed by atoms with Gasteiger partial charge >= 0.3 is 0 Å². The number of benzene rings is 1. The second-order valence-electron chi connectivity index (χ2n) is 5.45. The molecule has 1 aromatic rings. The summed E-state index contributed by atoms with van der Waals surface area (Å²) in [7, 11) is 0. The predicted octanol–water partition coefficient (Wildman–Crippen LogP) is 3.82. The Bertz CT molecular complexity index is 446. The summed E-state index contributed by atoms with van der Waals surface area (Å²) in [6, 6.07) is 4.23. The zero-order chi connectivity index (χ0) is 12.6. The lowest BCUT2D eigenvalue weighted by atomic mass is 9.83. The maximum atomic E-state index is 11.4. The summed E-state index contributed by atoms with van der Waals surface area (Å²) in [4.78, 5) is 11.4. The third-order valence-corrected chi connectivity index (χ3v) is 3.47. The van der Waals surface area contributed by atoms with Gasteiger partial charge in [0.2, 0.25) is 5.91 Å². The molecule has 0 atom stereocenters. The van der Waals surface area contributed by atoms with Crippen molar-refractivity contribution in [2.45, 2.75) is 52.4 Å². The van der Waals surface area contributed by atoms with Crippen molar-refractivity contribution in [2.24, 2.45) is 0 Å². The van der Waals surface area contributed by atoms with Crippen LogP contribution in [-0.4, -0.2) is 5.91 Å². The first-order valence-electron chi connectivity index (χ1n) is 6.46. The third-order valence-electron chi connectivity index (χ3n) is 3.47. The number of anilines is 1. The van der Waals surface area contributed by atoms with Crippen molar-refractivity contribution in [3.8, 4) is 0 Å². The van der Waals surface area contributed by atoms with Crippen LogP contribution in [0, 0.1) is 0 Å². The van der Waals surface area contributed by atoms with Crippen LogP contribution >= 0.6 is 0 Å². The zero-order valence-electron chi connectivity index (χ0n) is 11.1. The van der Waals surface area contributed by atoms with Gasteiger partial charge in [0.25, 0.3) is 0 Å². The molecule has 0 aliphatic carbocycles. The number of hydrogen-bond acceptors (Lipinski definition) is 1. The van der Waals surface area contributed by atoms with Gasteiger partial charge in [-0.2, -0.15) is 0 Å². The van der Waals surface area contributed by atoms with E-state index < -0.39 is 0 Å². The van der Waals surface area contributed by atoms with Crippen LogP contribution in [0.2, 0.25) is 0 Å². The topological polar surface area (TPSA) is 29.1 Å². The van der Waals surface area contributed by atoms with Gasteiger partial charge in [0.1, 0.15) is 0 Å². The van der Waals surface area contributed by atoms with Crippen molar-refractivity contribution in [1.82, 2.24) is 0 Å². The van der Waals surface area contributed by atoms with Gasteiger partial charge in [-0.15, -0.1) is 0 Å². The highest BCUT2D eigenvalue weighted by Crippen LogP contribution is 2.36. The van der Waals surface area contributed by atoms with Gasteiger partial charge in [-0.3, -0.25) is 4.79 Å². The van der Waals surface area contributed by atoms with Crippen molar-refractivity contribution in [3.63, 3.8) is 0 Å². The maximum absolute atomic E-state index is 11.4. The van der Waals surface area contributed by atoms with E-state index in [9.17, 15) is 4.79 Å². The Morgan fingerprint density at radius 3 is 2.35 bits per heavy atom. The molecule has 1 aliphatic heterocycles. The van der Waals surface area contributed by atoms with E-state index in [1.54, 1.807) is 0 Å². The minimum Gasteiger partial charge on any atom is -0.326 e. The lowest BCUT2D eigenvalue weighted by Crippen LogP contribution is -2.21. The standard InChI is InChI=1S/C15H21NO/c1-9(2)11-5-7-13-12(15(11)10(3)4)6-8-14(17)16-13/h5,7,9-10H,6,8H2,1-4H3,(H,16,17). The first-order valence-corrected chi connectivity index (χ1v) is 6.46. The van der Waals surface area contributed by atoms with E-state index in [4.69, 9.17) is 0 Å². The van der Waals surface area contributed by atoms with E-state index in [1.807, 2.05) is 0 Å². The lowest BCUT2D eigenvalue weighted by Gasteiger charge is -2.26.